The van der Waals surface area contributed by atoms with E-state index in [4.69, 9.17) is 9.15 Å². The van der Waals surface area contributed by atoms with Gasteiger partial charge in [-0.2, -0.15) is 0 Å². The largest absolute Gasteiger partial charge is 0.459 e. The number of rotatable bonds is 6. The van der Waals surface area contributed by atoms with Gasteiger partial charge in [0, 0.05) is 6.54 Å². The molecule has 0 bridgehead atoms. The number of furan rings is 1. The number of aromatic nitrogens is 2. The summed E-state index contributed by atoms with van der Waals surface area (Å²) in [5.41, 5.74) is 0.235. The van der Waals surface area contributed by atoms with Gasteiger partial charge in [-0.05, 0) is 31.2 Å². The van der Waals surface area contributed by atoms with Gasteiger partial charge >= 0.3 is 5.97 Å². The molecule has 3 aromatic rings. The molecule has 0 radical (unpaired) electrons. The molecule has 26 heavy (non-hydrogen) atoms. The van der Waals surface area contributed by atoms with E-state index in [9.17, 15) is 14.4 Å². The molecule has 3 rings (SSSR count). The van der Waals surface area contributed by atoms with Gasteiger partial charge in [0.05, 0.1) is 23.6 Å². The Bertz CT molecular complexity index is 978. The number of H-pyrrole nitrogens is 1. The Morgan fingerprint density at radius 3 is 2.85 bits per heavy atom. The number of para-hydroxylation sites is 1. The molecule has 0 saturated heterocycles. The van der Waals surface area contributed by atoms with Crippen molar-refractivity contribution in [2.24, 2.45) is 0 Å². The highest BCUT2D eigenvalue weighted by molar-refractivity contribution is 5.91. The van der Waals surface area contributed by atoms with Crippen molar-refractivity contribution >= 4 is 22.8 Å². The van der Waals surface area contributed by atoms with Gasteiger partial charge in [0.25, 0.3) is 11.5 Å². The molecule has 2 heterocycles. The summed E-state index contributed by atoms with van der Waals surface area (Å²) in [5.74, 6) is -0.490. The van der Waals surface area contributed by atoms with E-state index >= 15 is 0 Å². The second kappa shape index (κ2) is 7.64. The Labute approximate surface area is 148 Å². The molecule has 0 spiro atoms. The molecule has 0 aliphatic heterocycles. The summed E-state index contributed by atoms with van der Waals surface area (Å²) >= 11 is 0. The van der Waals surface area contributed by atoms with Gasteiger partial charge in [0.15, 0.2) is 17.7 Å². The van der Waals surface area contributed by atoms with Crippen molar-refractivity contribution in [1.82, 2.24) is 15.3 Å². The third kappa shape index (κ3) is 3.97. The molecule has 1 amide bonds. The topological polar surface area (TPSA) is 114 Å². The number of hydrogen-bond acceptors (Lipinski definition) is 6. The molecule has 8 nitrogen and oxygen atoms in total. The molecule has 1 atom stereocenters. The number of aromatic amines is 1. The van der Waals surface area contributed by atoms with E-state index in [1.807, 2.05) is 0 Å². The minimum absolute atomic E-state index is 0.0192. The molecular weight excluding hydrogens is 338 g/mol. The number of nitrogens with one attached hydrogen (secondary N) is 2. The fraction of sp³-hybridized carbons (Fsp3) is 0.222. The van der Waals surface area contributed by atoms with E-state index in [0.717, 1.165) is 0 Å². The summed E-state index contributed by atoms with van der Waals surface area (Å²) in [4.78, 5) is 42.6. The average Bonchev–Trinajstić information content (AvgIpc) is 3.16. The Hall–Kier alpha value is -3.42. The molecular formula is C18H17N3O5. The van der Waals surface area contributed by atoms with Crippen molar-refractivity contribution in [2.45, 2.75) is 19.4 Å². The quantitative estimate of drug-likeness (QED) is 0.653. The maximum absolute atomic E-state index is 12.1. The Morgan fingerprint density at radius 2 is 2.08 bits per heavy atom. The van der Waals surface area contributed by atoms with Crippen molar-refractivity contribution in [3.63, 3.8) is 0 Å². The zero-order chi connectivity index (χ0) is 18.5. The smallest absolute Gasteiger partial charge is 0.308 e. The summed E-state index contributed by atoms with van der Waals surface area (Å²) in [5, 5.41) is 3.02. The number of carbonyl (C=O) groups excluding carboxylic acids is 2. The summed E-state index contributed by atoms with van der Waals surface area (Å²) < 4.78 is 10.2. The van der Waals surface area contributed by atoms with E-state index in [0.29, 0.717) is 10.9 Å². The molecule has 1 aromatic carbocycles. The molecule has 0 aliphatic carbocycles. The van der Waals surface area contributed by atoms with Crippen LogP contribution in [-0.2, 0) is 9.53 Å². The number of nitrogens with zero attached hydrogens (tertiary/aromatic N) is 1. The molecule has 0 unspecified atom stereocenters. The first-order valence-corrected chi connectivity index (χ1v) is 8.05. The Kier molecular flexibility index (Phi) is 5.12. The van der Waals surface area contributed by atoms with Crippen LogP contribution in [0.5, 0.6) is 0 Å². The highest BCUT2D eigenvalue weighted by Crippen LogP contribution is 2.14. The van der Waals surface area contributed by atoms with Crippen molar-refractivity contribution < 1.29 is 18.7 Å². The lowest BCUT2D eigenvalue weighted by Gasteiger charge is -2.13. The lowest BCUT2D eigenvalue weighted by molar-refractivity contribution is -0.148. The number of fused-ring (bicyclic) bond motifs is 1. The standard InChI is InChI=1S/C18H17N3O5/c1-11(16-20-13-6-3-2-5-12(13)17(23)21-16)26-15(22)8-9-19-18(24)14-7-4-10-25-14/h2-7,10-11H,8-9H2,1H3,(H,19,24)(H,20,21,23)/t11-/m0/s1. The maximum Gasteiger partial charge on any atom is 0.308 e. The first-order valence-electron chi connectivity index (χ1n) is 8.05. The number of ether oxygens (including phenoxy) is 1. The minimum Gasteiger partial charge on any atom is -0.459 e. The van der Waals surface area contributed by atoms with Crippen LogP contribution in [0, 0.1) is 0 Å². The number of hydrogen-bond donors (Lipinski definition) is 2. The van der Waals surface area contributed by atoms with Crippen LogP contribution in [-0.4, -0.2) is 28.4 Å². The second-order valence-corrected chi connectivity index (χ2v) is 5.58. The van der Waals surface area contributed by atoms with Crippen LogP contribution in [0.25, 0.3) is 10.9 Å². The van der Waals surface area contributed by atoms with Crippen molar-refractivity contribution in [3.8, 4) is 0 Å². The molecule has 0 fully saturated rings. The number of carbonyl (C=O) groups is 2. The van der Waals surface area contributed by atoms with Crippen LogP contribution in [0.4, 0.5) is 0 Å². The zero-order valence-electron chi connectivity index (χ0n) is 14.0. The van der Waals surface area contributed by atoms with Gasteiger partial charge in [-0.1, -0.05) is 12.1 Å². The fourth-order valence-corrected chi connectivity index (χ4v) is 2.38. The predicted octanol–water partition coefficient (Wildman–Crippen LogP) is 1.94. The number of amides is 1. The van der Waals surface area contributed by atoms with E-state index in [1.165, 1.54) is 12.3 Å². The highest BCUT2D eigenvalue weighted by atomic mass is 16.5. The molecule has 2 aromatic heterocycles. The molecule has 134 valence electrons. The van der Waals surface area contributed by atoms with Gasteiger partial charge in [-0.25, -0.2) is 4.98 Å². The van der Waals surface area contributed by atoms with Crippen molar-refractivity contribution in [3.05, 3.63) is 64.6 Å². The maximum atomic E-state index is 12.1. The van der Waals surface area contributed by atoms with Crippen LogP contribution >= 0.6 is 0 Å². The predicted molar refractivity (Wildman–Crippen MR) is 92.5 cm³/mol. The lowest BCUT2D eigenvalue weighted by Crippen LogP contribution is -2.26. The monoisotopic (exact) mass is 355 g/mol. The fourth-order valence-electron chi connectivity index (χ4n) is 2.38. The lowest BCUT2D eigenvalue weighted by atomic mass is 10.2. The summed E-state index contributed by atoms with van der Waals surface area (Å²) in [6.07, 6.45) is 0.650. The summed E-state index contributed by atoms with van der Waals surface area (Å²) in [6, 6.07) is 10.0. The normalized spacial score (nSPS) is 11.9. The zero-order valence-corrected chi connectivity index (χ0v) is 14.0. The van der Waals surface area contributed by atoms with Crippen molar-refractivity contribution in [1.29, 1.82) is 0 Å². The first-order chi connectivity index (χ1) is 12.5. The van der Waals surface area contributed by atoms with E-state index in [2.05, 4.69) is 15.3 Å². The van der Waals surface area contributed by atoms with Crippen LogP contribution < -0.4 is 10.9 Å². The van der Waals surface area contributed by atoms with Crippen LogP contribution in [0.15, 0.2) is 51.9 Å². The highest BCUT2D eigenvalue weighted by Gasteiger charge is 2.16. The molecule has 0 saturated carbocycles. The second-order valence-electron chi connectivity index (χ2n) is 5.58. The van der Waals surface area contributed by atoms with E-state index in [-0.39, 0.29) is 30.1 Å². The van der Waals surface area contributed by atoms with Crippen LogP contribution in [0.1, 0.15) is 35.8 Å². The summed E-state index contributed by atoms with van der Waals surface area (Å²) in [7, 11) is 0. The summed E-state index contributed by atoms with van der Waals surface area (Å²) in [6.45, 7) is 1.72. The Morgan fingerprint density at radius 1 is 1.27 bits per heavy atom. The third-order valence-electron chi connectivity index (χ3n) is 3.68. The third-order valence-corrected chi connectivity index (χ3v) is 3.68. The number of esters is 1. The SMILES string of the molecule is C[C@H](OC(=O)CCNC(=O)c1ccco1)c1nc2ccccc2c(=O)[nH]1. The average molecular weight is 355 g/mol. The Balaban J connectivity index is 1.56. The minimum atomic E-state index is -0.722. The van der Waals surface area contributed by atoms with Crippen molar-refractivity contribution in [2.75, 3.05) is 6.54 Å². The molecule has 8 heteroatoms. The van der Waals surface area contributed by atoms with Gasteiger partial charge in [-0.15, -0.1) is 0 Å². The van der Waals surface area contributed by atoms with E-state index in [1.54, 1.807) is 37.3 Å². The van der Waals surface area contributed by atoms with Gasteiger partial charge < -0.3 is 19.5 Å². The van der Waals surface area contributed by atoms with E-state index < -0.39 is 18.0 Å². The van der Waals surface area contributed by atoms with Gasteiger partial charge in [0.1, 0.15) is 0 Å². The first kappa shape index (κ1) is 17.4. The van der Waals surface area contributed by atoms with Crippen LogP contribution in [0.3, 0.4) is 0 Å². The van der Waals surface area contributed by atoms with Crippen LogP contribution in [0.2, 0.25) is 0 Å². The van der Waals surface area contributed by atoms with Gasteiger partial charge in [0.2, 0.25) is 0 Å². The molecule has 2 N–H and O–H groups in total. The molecule has 0 aliphatic rings. The van der Waals surface area contributed by atoms with Gasteiger partial charge in [-0.3, -0.25) is 14.4 Å². The number of benzene rings is 1.